The van der Waals surface area contributed by atoms with Crippen LogP contribution in [-0.2, 0) is 4.79 Å². The Bertz CT molecular complexity index is 914. The molecular formula is C19H23ClFN5O. The molecule has 27 heavy (non-hydrogen) atoms. The summed E-state index contributed by atoms with van der Waals surface area (Å²) >= 11 is 6.56. The van der Waals surface area contributed by atoms with E-state index in [9.17, 15) is 4.79 Å². The highest BCUT2D eigenvalue weighted by molar-refractivity contribution is 6.36. The number of carbonyl (C=O) groups is 1. The lowest BCUT2D eigenvalue weighted by atomic mass is 9.99. The van der Waals surface area contributed by atoms with E-state index in [1.54, 1.807) is 25.9 Å². The molecule has 0 aromatic heterocycles. The van der Waals surface area contributed by atoms with Crippen molar-refractivity contribution in [3.63, 3.8) is 0 Å². The summed E-state index contributed by atoms with van der Waals surface area (Å²) in [7, 11) is 5.42. The summed E-state index contributed by atoms with van der Waals surface area (Å²) in [5.74, 6) is 0.455. The van der Waals surface area contributed by atoms with E-state index in [0.717, 1.165) is 6.54 Å². The van der Waals surface area contributed by atoms with Gasteiger partial charge in [0.15, 0.2) is 5.82 Å². The van der Waals surface area contributed by atoms with Crippen LogP contribution >= 0.6 is 11.6 Å². The summed E-state index contributed by atoms with van der Waals surface area (Å²) < 4.78 is 15.3. The van der Waals surface area contributed by atoms with Gasteiger partial charge in [0, 0.05) is 38.8 Å². The number of hydrogen-bond donors (Lipinski definition) is 0. The molecule has 1 amide bonds. The maximum Gasteiger partial charge on any atom is 0.250 e. The monoisotopic (exact) mass is 391 g/mol. The minimum absolute atomic E-state index is 0.0306. The van der Waals surface area contributed by atoms with Crippen LogP contribution in [0, 0.1) is 12.7 Å². The molecule has 1 saturated heterocycles. The van der Waals surface area contributed by atoms with Gasteiger partial charge in [-0.15, -0.1) is 0 Å². The summed E-state index contributed by atoms with van der Waals surface area (Å²) in [5, 5.41) is 0.323. The summed E-state index contributed by atoms with van der Waals surface area (Å²) in [6, 6.07) is -0.416. The van der Waals surface area contributed by atoms with Gasteiger partial charge in [0.25, 0.3) is 5.91 Å². The lowest BCUT2D eigenvalue weighted by Gasteiger charge is -2.45. The van der Waals surface area contributed by atoms with Crippen molar-refractivity contribution in [2.24, 2.45) is 4.99 Å². The fourth-order valence-electron chi connectivity index (χ4n) is 4.39. The predicted octanol–water partition coefficient (Wildman–Crippen LogP) is 2.44. The number of amidine groups is 1. The highest BCUT2D eigenvalue weighted by Crippen LogP contribution is 2.47. The fourth-order valence-corrected chi connectivity index (χ4v) is 4.69. The molecule has 0 radical (unpaired) electrons. The summed E-state index contributed by atoms with van der Waals surface area (Å²) in [4.78, 5) is 25.3. The summed E-state index contributed by atoms with van der Waals surface area (Å²) in [6.07, 6.45) is 0. The fraction of sp³-hybridized carbons (Fsp3) is 0.474. The van der Waals surface area contributed by atoms with E-state index in [4.69, 9.17) is 11.6 Å². The Labute approximate surface area is 163 Å². The third kappa shape index (κ3) is 2.34. The Kier molecular flexibility index (Phi) is 4.01. The number of halogens is 2. The minimum atomic E-state index is -0.482. The highest BCUT2D eigenvalue weighted by atomic mass is 35.5. The van der Waals surface area contributed by atoms with E-state index in [1.165, 1.54) is 4.90 Å². The number of fused-ring (bicyclic) bond motifs is 2. The van der Waals surface area contributed by atoms with Gasteiger partial charge in [0.2, 0.25) is 0 Å². The van der Waals surface area contributed by atoms with Crippen molar-refractivity contribution in [2.75, 3.05) is 44.0 Å². The second-order valence-electron chi connectivity index (χ2n) is 7.63. The number of benzene rings is 1. The molecule has 1 fully saturated rings. The zero-order valence-corrected chi connectivity index (χ0v) is 16.9. The number of likely N-dealkylation sites (N-methyl/N-ethyl adjacent to an activating group) is 2. The third-order valence-electron chi connectivity index (χ3n) is 5.80. The van der Waals surface area contributed by atoms with Crippen LogP contribution in [0.3, 0.4) is 0 Å². The van der Waals surface area contributed by atoms with E-state index < -0.39 is 11.9 Å². The molecule has 4 rings (SSSR count). The SMILES string of the molecule is C=C1N=C2c3c(c(F)c(C)c(Cl)c3N1C)N(C)C(=O)C1CN(C)CC(C)N21. The number of rotatable bonds is 0. The number of anilines is 2. The molecule has 3 aliphatic rings. The Balaban J connectivity index is 2.10. The first-order valence-corrected chi connectivity index (χ1v) is 9.30. The number of carbonyl (C=O) groups excluding carboxylic acids is 1. The first-order valence-electron chi connectivity index (χ1n) is 8.92. The maximum atomic E-state index is 15.3. The van der Waals surface area contributed by atoms with Gasteiger partial charge in [0.1, 0.15) is 17.7 Å². The minimum Gasteiger partial charge on any atom is -0.339 e. The molecule has 1 aromatic rings. The van der Waals surface area contributed by atoms with E-state index in [0.29, 0.717) is 40.0 Å². The molecule has 2 unspecified atom stereocenters. The van der Waals surface area contributed by atoms with Crippen molar-refractivity contribution in [2.45, 2.75) is 25.9 Å². The second-order valence-corrected chi connectivity index (χ2v) is 8.00. The molecule has 3 aliphatic heterocycles. The molecule has 0 bridgehead atoms. The van der Waals surface area contributed by atoms with Crippen LogP contribution in [0.1, 0.15) is 18.1 Å². The molecule has 8 heteroatoms. The van der Waals surface area contributed by atoms with Crippen molar-refractivity contribution in [1.82, 2.24) is 9.80 Å². The molecule has 0 N–H and O–H groups in total. The van der Waals surface area contributed by atoms with Gasteiger partial charge in [-0.25, -0.2) is 9.38 Å². The van der Waals surface area contributed by atoms with Crippen LogP contribution in [0.5, 0.6) is 0 Å². The topological polar surface area (TPSA) is 42.4 Å². The summed E-state index contributed by atoms with van der Waals surface area (Å²) in [5.41, 5.74) is 1.76. The number of nitrogens with zero attached hydrogens (tertiary/aromatic N) is 5. The summed E-state index contributed by atoms with van der Waals surface area (Å²) in [6.45, 7) is 9.04. The van der Waals surface area contributed by atoms with Crippen LogP contribution in [0.2, 0.25) is 5.02 Å². The maximum absolute atomic E-state index is 15.3. The average molecular weight is 392 g/mol. The van der Waals surface area contributed by atoms with Gasteiger partial charge in [-0.2, -0.15) is 0 Å². The average Bonchev–Trinajstić information content (AvgIpc) is 2.69. The van der Waals surface area contributed by atoms with Gasteiger partial charge in [0.05, 0.1) is 22.0 Å². The third-order valence-corrected chi connectivity index (χ3v) is 6.26. The molecule has 6 nitrogen and oxygen atoms in total. The van der Waals surface area contributed by atoms with Crippen LogP contribution in [0.25, 0.3) is 0 Å². The van der Waals surface area contributed by atoms with Crippen molar-refractivity contribution in [1.29, 1.82) is 0 Å². The van der Waals surface area contributed by atoms with Crippen molar-refractivity contribution >= 4 is 34.7 Å². The first-order chi connectivity index (χ1) is 12.6. The van der Waals surface area contributed by atoms with E-state index >= 15 is 4.39 Å². The lowest BCUT2D eigenvalue weighted by molar-refractivity contribution is -0.124. The van der Waals surface area contributed by atoms with Gasteiger partial charge in [-0.1, -0.05) is 18.2 Å². The molecule has 0 saturated carbocycles. The molecule has 2 atom stereocenters. The van der Waals surface area contributed by atoms with Crippen molar-refractivity contribution in [3.8, 4) is 0 Å². The largest absolute Gasteiger partial charge is 0.339 e. The number of piperazine rings is 1. The number of amides is 1. The van der Waals surface area contributed by atoms with Gasteiger partial charge in [-0.05, 0) is 20.9 Å². The zero-order chi connectivity index (χ0) is 19.8. The zero-order valence-electron chi connectivity index (χ0n) is 16.2. The Hall–Kier alpha value is -2.12. The normalized spacial score (nSPS) is 25.3. The van der Waals surface area contributed by atoms with E-state index in [2.05, 4.69) is 23.4 Å². The molecule has 144 valence electrons. The van der Waals surface area contributed by atoms with Crippen molar-refractivity contribution < 1.29 is 9.18 Å². The molecule has 0 spiro atoms. The first kappa shape index (κ1) is 18.3. The smallest absolute Gasteiger partial charge is 0.250 e. The van der Waals surface area contributed by atoms with Crippen LogP contribution in [0.15, 0.2) is 17.4 Å². The van der Waals surface area contributed by atoms with E-state index in [-0.39, 0.29) is 17.6 Å². The standard InChI is InChI=1S/C19H23ClFN5O/c1-9-7-23(4)8-12-19(27)25(6)17-13-16(14(20)10(2)15(17)21)24(5)11(3)22-18(13)26(9)12/h9,12H,3,7-8H2,1-2,4-6H3. The number of hydrogen-bond acceptors (Lipinski definition) is 5. The molecule has 1 aromatic carbocycles. The Morgan fingerprint density at radius 1 is 1.19 bits per heavy atom. The number of aliphatic imine (C=N–C) groups is 1. The predicted molar refractivity (Wildman–Crippen MR) is 106 cm³/mol. The Morgan fingerprint density at radius 3 is 2.52 bits per heavy atom. The van der Waals surface area contributed by atoms with Gasteiger partial charge < -0.3 is 19.6 Å². The molecule has 3 heterocycles. The van der Waals surface area contributed by atoms with Crippen LogP contribution in [-0.4, -0.2) is 67.9 Å². The van der Waals surface area contributed by atoms with E-state index in [1.807, 2.05) is 11.9 Å². The Morgan fingerprint density at radius 2 is 1.85 bits per heavy atom. The molecule has 0 aliphatic carbocycles. The lowest BCUT2D eigenvalue weighted by Crippen LogP contribution is -2.62. The van der Waals surface area contributed by atoms with Gasteiger partial charge >= 0.3 is 0 Å². The highest BCUT2D eigenvalue weighted by Gasteiger charge is 2.46. The van der Waals surface area contributed by atoms with Crippen LogP contribution < -0.4 is 9.80 Å². The molecular weight excluding hydrogens is 369 g/mol. The second kappa shape index (κ2) is 5.94. The van der Waals surface area contributed by atoms with Gasteiger partial charge in [-0.3, -0.25) is 4.79 Å². The quantitative estimate of drug-likeness (QED) is 0.681. The van der Waals surface area contributed by atoms with Crippen molar-refractivity contribution in [3.05, 3.63) is 34.4 Å². The van der Waals surface area contributed by atoms with Crippen LogP contribution in [0.4, 0.5) is 15.8 Å².